The molecule has 2 fully saturated rings. The SMILES string of the molecule is Fc1ccc([C@H](CC2CC2)N2CCNCC2)c(Cl)c1. The summed E-state index contributed by atoms with van der Waals surface area (Å²) in [7, 11) is 0. The summed E-state index contributed by atoms with van der Waals surface area (Å²) >= 11 is 6.27. The van der Waals surface area contributed by atoms with Gasteiger partial charge in [-0.3, -0.25) is 4.90 Å². The summed E-state index contributed by atoms with van der Waals surface area (Å²) in [5.74, 6) is 0.584. The van der Waals surface area contributed by atoms with Crippen LogP contribution in [0.15, 0.2) is 18.2 Å². The van der Waals surface area contributed by atoms with Crippen molar-refractivity contribution < 1.29 is 4.39 Å². The summed E-state index contributed by atoms with van der Waals surface area (Å²) in [4.78, 5) is 2.49. The van der Waals surface area contributed by atoms with Crippen LogP contribution in [0.5, 0.6) is 0 Å². The minimum absolute atomic E-state index is 0.251. The van der Waals surface area contributed by atoms with Gasteiger partial charge in [0, 0.05) is 37.2 Å². The molecule has 1 atom stereocenters. The average molecular weight is 283 g/mol. The molecule has 1 saturated carbocycles. The van der Waals surface area contributed by atoms with E-state index in [1.165, 1.54) is 25.0 Å². The van der Waals surface area contributed by atoms with Crippen LogP contribution in [0.25, 0.3) is 0 Å². The van der Waals surface area contributed by atoms with E-state index in [4.69, 9.17) is 11.6 Å². The number of rotatable bonds is 4. The molecular formula is C15H20ClFN2. The first-order chi connectivity index (χ1) is 9.24. The molecule has 1 heterocycles. The van der Waals surface area contributed by atoms with Crippen LogP contribution in [-0.2, 0) is 0 Å². The molecule has 2 aliphatic rings. The van der Waals surface area contributed by atoms with Crippen LogP contribution in [-0.4, -0.2) is 31.1 Å². The van der Waals surface area contributed by atoms with E-state index in [0.717, 1.165) is 44.1 Å². The molecule has 1 aliphatic carbocycles. The van der Waals surface area contributed by atoms with Crippen LogP contribution in [0.4, 0.5) is 4.39 Å². The van der Waals surface area contributed by atoms with Crippen LogP contribution in [0, 0.1) is 11.7 Å². The summed E-state index contributed by atoms with van der Waals surface area (Å²) in [6.45, 7) is 4.15. The first-order valence-corrected chi connectivity index (χ1v) is 7.51. The van der Waals surface area contributed by atoms with Gasteiger partial charge in [0.25, 0.3) is 0 Å². The minimum Gasteiger partial charge on any atom is -0.314 e. The first kappa shape index (κ1) is 13.3. The highest BCUT2D eigenvalue weighted by Crippen LogP contribution is 2.41. The number of piperazine rings is 1. The topological polar surface area (TPSA) is 15.3 Å². The highest BCUT2D eigenvalue weighted by atomic mass is 35.5. The van der Waals surface area contributed by atoms with Gasteiger partial charge in [-0.05, 0) is 30.0 Å². The van der Waals surface area contributed by atoms with Crippen LogP contribution >= 0.6 is 11.6 Å². The number of hydrogen-bond donors (Lipinski definition) is 1. The third-order valence-electron chi connectivity index (χ3n) is 4.17. The zero-order valence-electron chi connectivity index (χ0n) is 11.0. The normalized spacial score (nSPS) is 22.4. The van der Waals surface area contributed by atoms with Gasteiger partial charge >= 0.3 is 0 Å². The summed E-state index contributed by atoms with van der Waals surface area (Å²) in [5, 5.41) is 3.95. The molecule has 0 radical (unpaired) electrons. The van der Waals surface area contributed by atoms with Gasteiger partial charge in [0.15, 0.2) is 0 Å². The Hall–Kier alpha value is -0.640. The zero-order valence-corrected chi connectivity index (χ0v) is 11.8. The average Bonchev–Trinajstić information content (AvgIpc) is 3.22. The Morgan fingerprint density at radius 3 is 2.68 bits per heavy atom. The van der Waals surface area contributed by atoms with Gasteiger partial charge < -0.3 is 5.32 Å². The molecule has 1 aliphatic heterocycles. The maximum Gasteiger partial charge on any atom is 0.124 e. The fourth-order valence-corrected chi connectivity index (χ4v) is 3.20. The molecule has 0 bridgehead atoms. The van der Waals surface area contributed by atoms with Crippen molar-refractivity contribution in [3.8, 4) is 0 Å². The summed E-state index contributed by atoms with van der Waals surface area (Å²) in [5.41, 5.74) is 1.09. The Morgan fingerprint density at radius 2 is 2.05 bits per heavy atom. The fourth-order valence-electron chi connectivity index (χ4n) is 2.91. The molecule has 1 aromatic rings. The van der Waals surface area contributed by atoms with Crippen molar-refractivity contribution in [2.45, 2.75) is 25.3 Å². The zero-order chi connectivity index (χ0) is 13.2. The highest BCUT2D eigenvalue weighted by molar-refractivity contribution is 6.31. The predicted molar refractivity (Wildman–Crippen MR) is 75.9 cm³/mol. The van der Waals surface area contributed by atoms with Gasteiger partial charge in [0.05, 0.1) is 0 Å². The number of hydrogen-bond acceptors (Lipinski definition) is 2. The van der Waals surface area contributed by atoms with Gasteiger partial charge in [0.1, 0.15) is 5.82 Å². The molecule has 104 valence electrons. The Kier molecular flexibility index (Phi) is 4.06. The van der Waals surface area contributed by atoms with Gasteiger partial charge in [-0.25, -0.2) is 4.39 Å². The lowest BCUT2D eigenvalue weighted by atomic mass is 9.98. The Bertz CT molecular complexity index is 442. The fraction of sp³-hybridized carbons (Fsp3) is 0.600. The maximum atomic E-state index is 13.2. The van der Waals surface area contributed by atoms with E-state index in [-0.39, 0.29) is 5.82 Å². The van der Waals surface area contributed by atoms with Crippen LogP contribution in [0.3, 0.4) is 0 Å². The summed E-state index contributed by atoms with van der Waals surface area (Å²) in [6.07, 6.45) is 3.83. The summed E-state index contributed by atoms with van der Waals surface area (Å²) < 4.78 is 13.2. The van der Waals surface area contributed by atoms with Crippen molar-refractivity contribution in [2.75, 3.05) is 26.2 Å². The second-order valence-electron chi connectivity index (χ2n) is 5.65. The lowest BCUT2D eigenvalue weighted by Crippen LogP contribution is -2.45. The van der Waals surface area contributed by atoms with E-state index in [0.29, 0.717) is 11.1 Å². The van der Waals surface area contributed by atoms with E-state index < -0.39 is 0 Å². The second kappa shape index (κ2) is 5.78. The van der Waals surface area contributed by atoms with Crippen molar-refractivity contribution in [3.05, 3.63) is 34.6 Å². The highest BCUT2D eigenvalue weighted by Gasteiger charge is 2.31. The molecule has 0 amide bonds. The van der Waals surface area contributed by atoms with E-state index in [9.17, 15) is 4.39 Å². The number of nitrogens with zero attached hydrogens (tertiary/aromatic N) is 1. The van der Waals surface area contributed by atoms with Crippen molar-refractivity contribution in [1.29, 1.82) is 0 Å². The van der Waals surface area contributed by atoms with E-state index >= 15 is 0 Å². The Labute approximate surface area is 118 Å². The quantitative estimate of drug-likeness (QED) is 0.912. The third kappa shape index (κ3) is 3.28. The van der Waals surface area contributed by atoms with Crippen molar-refractivity contribution in [1.82, 2.24) is 10.2 Å². The minimum atomic E-state index is -0.251. The molecule has 0 spiro atoms. The third-order valence-corrected chi connectivity index (χ3v) is 4.49. The molecule has 1 saturated heterocycles. The summed E-state index contributed by atoms with van der Waals surface area (Å²) in [6, 6.07) is 5.19. The molecule has 0 aromatic heterocycles. The monoisotopic (exact) mass is 282 g/mol. The van der Waals surface area contributed by atoms with Crippen LogP contribution in [0.2, 0.25) is 5.02 Å². The maximum absolute atomic E-state index is 13.2. The Morgan fingerprint density at radius 1 is 1.32 bits per heavy atom. The van der Waals surface area contributed by atoms with E-state index in [1.54, 1.807) is 0 Å². The van der Waals surface area contributed by atoms with Crippen LogP contribution in [0.1, 0.15) is 30.9 Å². The molecule has 2 nitrogen and oxygen atoms in total. The van der Waals surface area contributed by atoms with Gasteiger partial charge in [-0.15, -0.1) is 0 Å². The van der Waals surface area contributed by atoms with Crippen molar-refractivity contribution >= 4 is 11.6 Å². The second-order valence-corrected chi connectivity index (χ2v) is 6.05. The number of nitrogens with one attached hydrogen (secondary N) is 1. The smallest absolute Gasteiger partial charge is 0.124 e. The van der Waals surface area contributed by atoms with Gasteiger partial charge in [-0.1, -0.05) is 30.5 Å². The molecule has 0 unspecified atom stereocenters. The Balaban J connectivity index is 1.83. The van der Waals surface area contributed by atoms with Gasteiger partial charge in [-0.2, -0.15) is 0 Å². The lowest BCUT2D eigenvalue weighted by Gasteiger charge is -2.35. The predicted octanol–water partition coefficient (Wildman–Crippen LogP) is 3.23. The lowest BCUT2D eigenvalue weighted by molar-refractivity contribution is 0.160. The number of benzene rings is 1. The number of halogens is 2. The first-order valence-electron chi connectivity index (χ1n) is 7.14. The molecule has 4 heteroatoms. The van der Waals surface area contributed by atoms with Crippen molar-refractivity contribution in [2.24, 2.45) is 5.92 Å². The molecule has 19 heavy (non-hydrogen) atoms. The van der Waals surface area contributed by atoms with E-state index in [1.807, 2.05) is 6.07 Å². The van der Waals surface area contributed by atoms with E-state index in [2.05, 4.69) is 10.2 Å². The standard InChI is InChI=1S/C15H20ClFN2/c16-14-10-12(17)3-4-13(14)15(9-11-1-2-11)19-7-5-18-6-8-19/h3-4,10-11,15,18H,1-2,5-9H2/t15-/m0/s1. The van der Waals surface area contributed by atoms with Crippen molar-refractivity contribution in [3.63, 3.8) is 0 Å². The molecule has 1 aromatic carbocycles. The molecular weight excluding hydrogens is 263 g/mol. The molecule has 3 rings (SSSR count). The molecule has 1 N–H and O–H groups in total. The largest absolute Gasteiger partial charge is 0.314 e. The van der Waals surface area contributed by atoms with Gasteiger partial charge in [0.2, 0.25) is 0 Å². The van der Waals surface area contributed by atoms with Crippen LogP contribution < -0.4 is 5.32 Å².